The summed E-state index contributed by atoms with van der Waals surface area (Å²) < 4.78 is 31.0. The van der Waals surface area contributed by atoms with E-state index in [0.29, 0.717) is 0 Å². The summed E-state index contributed by atoms with van der Waals surface area (Å²) in [5.74, 6) is 0. The van der Waals surface area contributed by atoms with Crippen LogP contribution in [0, 0.1) is 0 Å². The number of hydrogen-bond donors (Lipinski definition) is 1. The van der Waals surface area contributed by atoms with Crippen LogP contribution in [0.4, 0.5) is 0 Å². The fourth-order valence-electron chi connectivity index (χ4n) is 6.29. The van der Waals surface area contributed by atoms with Gasteiger partial charge in [-0.3, -0.25) is 8.74 Å². The van der Waals surface area contributed by atoms with Crippen LogP contribution < -0.4 is 0 Å². The predicted octanol–water partition coefficient (Wildman–Crippen LogP) is 13.0. The summed E-state index contributed by atoms with van der Waals surface area (Å²) in [6.45, 7) is 7.39. The lowest BCUT2D eigenvalue weighted by Gasteiger charge is -2.30. The second-order valence-corrected chi connectivity index (χ2v) is 15.8. The van der Waals surface area contributed by atoms with Crippen LogP contribution in [0.25, 0.3) is 0 Å². The second-order valence-electron chi connectivity index (χ2n) is 14.6. The number of quaternary nitrogens is 1. The van der Waals surface area contributed by atoms with Crippen LogP contribution in [0.1, 0.15) is 219 Å². The van der Waals surface area contributed by atoms with Crippen molar-refractivity contribution in [1.82, 2.24) is 0 Å². The maximum absolute atomic E-state index is 9.33. The molecule has 0 rings (SSSR count). The third-order valence-electron chi connectivity index (χ3n) is 9.44. The van der Waals surface area contributed by atoms with Crippen LogP contribution in [-0.2, 0) is 14.6 Å². The Balaban J connectivity index is 0. The molecule has 0 aromatic rings. The number of nitrogens with zero attached hydrogens (tertiary/aromatic N) is 1. The lowest BCUT2D eigenvalue weighted by atomic mass is 10.0. The molecule has 5 nitrogen and oxygen atoms in total. The Bertz CT molecular complexity index is 615. The van der Waals surface area contributed by atoms with Crippen LogP contribution in [0.3, 0.4) is 0 Å². The van der Waals surface area contributed by atoms with Crippen LogP contribution >= 0.6 is 0 Å². The van der Waals surface area contributed by atoms with Crippen molar-refractivity contribution in [1.29, 1.82) is 0 Å². The molecule has 0 amide bonds. The molecule has 0 aromatic heterocycles. The Morgan fingerprint density at radius 2 is 0.556 bits per heavy atom. The summed E-state index contributed by atoms with van der Waals surface area (Å²) in [5.41, 5.74) is 0. The average Bonchev–Trinajstić information content (AvgIpc) is 3.00. The minimum Gasteiger partial charge on any atom is -0.328 e. The zero-order chi connectivity index (χ0) is 33.7. The number of unbranched alkanes of at least 4 members (excludes halogenated alkanes) is 30. The lowest BCUT2D eigenvalue weighted by molar-refractivity contribution is -0.890. The molecule has 0 bridgehead atoms. The van der Waals surface area contributed by atoms with E-state index in [4.69, 9.17) is 4.55 Å². The number of rotatable bonds is 35. The first-order valence-corrected chi connectivity index (χ1v) is 21.4. The minimum atomic E-state index is -4.16. The van der Waals surface area contributed by atoms with Crippen molar-refractivity contribution in [2.75, 3.05) is 34.3 Å². The van der Waals surface area contributed by atoms with Gasteiger partial charge in [-0.25, -0.2) is 0 Å². The smallest absolute Gasteiger partial charge is 0.328 e. The largest absolute Gasteiger partial charge is 0.397 e. The van der Waals surface area contributed by atoms with Crippen molar-refractivity contribution in [3.05, 3.63) is 0 Å². The summed E-state index contributed by atoms with van der Waals surface area (Å²) >= 11 is 0. The van der Waals surface area contributed by atoms with E-state index >= 15 is 0 Å². The van der Waals surface area contributed by atoms with Crippen molar-refractivity contribution < 1.29 is 21.6 Å². The zero-order valence-electron chi connectivity index (χ0n) is 31.6. The molecule has 0 spiro atoms. The van der Waals surface area contributed by atoms with Gasteiger partial charge in [0.2, 0.25) is 0 Å². The monoisotopic (exact) mass is 663 g/mol. The molecule has 0 saturated heterocycles. The van der Waals surface area contributed by atoms with Gasteiger partial charge in [0.15, 0.2) is 0 Å². The molecule has 0 heterocycles. The highest BCUT2D eigenvalue weighted by Crippen LogP contribution is 2.16. The first-order chi connectivity index (χ1) is 21.7. The Kier molecular flexibility index (Phi) is 38.2. The third kappa shape index (κ3) is 46.0. The van der Waals surface area contributed by atoms with Gasteiger partial charge < -0.3 is 4.48 Å². The van der Waals surface area contributed by atoms with Gasteiger partial charge in [-0.15, -0.1) is 0 Å². The van der Waals surface area contributed by atoms with Gasteiger partial charge in [0.05, 0.1) is 34.3 Å². The first-order valence-electron chi connectivity index (χ1n) is 20.0. The third-order valence-corrected chi connectivity index (χ3v) is 9.87. The van der Waals surface area contributed by atoms with E-state index in [0.717, 1.165) is 7.11 Å². The SMILES string of the molecule is CCCCCCCCCCCCCCCCCC[N+](C)(C)CCCCCCCCCCCCCCCCCC.COS(=O)(=O)O. The molecule has 0 aliphatic heterocycles. The zero-order valence-corrected chi connectivity index (χ0v) is 32.4. The molecule has 45 heavy (non-hydrogen) atoms. The molecule has 0 aromatic carbocycles. The number of hydrogen-bond acceptors (Lipinski definition) is 3. The molecule has 0 saturated carbocycles. The fraction of sp³-hybridized carbons (Fsp3) is 1.00. The van der Waals surface area contributed by atoms with E-state index in [1.165, 1.54) is 223 Å². The van der Waals surface area contributed by atoms with Crippen molar-refractivity contribution in [3.63, 3.8) is 0 Å². The van der Waals surface area contributed by atoms with E-state index in [9.17, 15) is 8.42 Å². The van der Waals surface area contributed by atoms with Crippen LogP contribution in [-0.4, -0.2) is 51.7 Å². The van der Waals surface area contributed by atoms with Crippen LogP contribution in [0.5, 0.6) is 0 Å². The van der Waals surface area contributed by atoms with Gasteiger partial charge in [-0.1, -0.05) is 194 Å². The molecule has 0 fully saturated rings. The van der Waals surface area contributed by atoms with Gasteiger partial charge in [-0.05, 0) is 25.7 Å². The predicted molar refractivity (Wildman–Crippen MR) is 199 cm³/mol. The Hall–Kier alpha value is -0.170. The maximum atomic E-state index is 9.33. The molecular weight excluding hydrogens is 578 g/mol. The molecule has 274 valence electrons. The summed E-state index contributed by atoms with van der Waals surface area (Å²) in [4.78, 5) is 0. The Morgan fingerprint density at radius 3 is 0.711 bits per heavy atom. The van der Waals surface area contributed by atoms with E-state index < -0.39 is 10.4 Å². The quantitative estimate of drug-likeness (QED) is 0.0417. The first kappa shape index (κ1) is 46.9. The summed E-state index contributed by atoms with van der Waals surface area (Å²) in [5, 5.41) is 0. The van der Waals surface area contributed by atoms with Crippen molar-refractivity contribution >= 4 is 10.4 Å². The van der Waals surface area contributed by atoms with E-state index in [1.807, 2.05) is 0 Å². The summed E-state index contributed by atoms with van der Waals surface area (Å²) in [6, 6.07) is 0. The molecular formula is C39H84NO4S+. The molecule has 0 aliphatic rings. The van der Waals surface area contributed by atoms with Crippen molar-refractivity contribution in [2.24, 2.45) is 0 Å². The van der Waals surface area contributed by atoms with Gasteiger partial charge in [0.1, 0.15) is 0 Å². The van der Waals surface area contributed by atoms with E-state index in [-0.39, 0.29) is 0 Å². The molecule has 0 radical (unpaired) electrons. The molecule has 0 aliphatic carbocycles. The van der Waals surface area contributed by atoms with Crippen LogP contribution in [0.2, 0.25) is 0 Å². The summed E-state index contributed by atoms with van der Waals surface area (Å²) in [6.07, 6.45) is 46.9. The molecule has 1 N–H and O–H groups in total. The second kappa shape index (κ2) is 36.7. The maximum Gasteiger partial charge on any atom is 0.397 e. The highest BCUT2D eigenvalue weighted by molar-refractivity contribution is 7.80. The van der Waals surface area contributed by atoms with Gasteiger partial charge >= 0.3 is 10.4 Å². The van der Waals surface area contributed by atoms with E-state index in [1.54, 1.807) is 0 Å². The van der Waals surface area contributed by atoms with E-state index in [2.05, 4.69) is 32.1 Å². The average molecular weight is 663 g/mol. The molecule has 0 unspecified atom stereocenters. The topological polar surface area (TPSA) is 63.6 Å². The van der Waals surface area contributed by atoms with Crippen LogP contribution in [0.15, 0.2) is 0 Å². The highest BCUT2D eigenvalue weighted by atomic mass is 32.3. The van der Waals surface area contributed by atoms with Crippen molar-refractivity contribution in [2.45, 2.75) is 219 Å². The Morgan fingerprint density at radius 1 is 0.400 bits per heavy atom. The fourth-order valence-corrected chi connectivity index (χ4v) is 6.29. The molecule has 0 atom stereocenters. The minimum absolute atomic E-state index is 0.870. The highest BCUT2D eigenvalue weighted by Gasteiger charge is 2.13. The van der Waals surface area contributed by atoms with Gasteiger partial charge in [-0.2, -0.15) is 8.42 Å². The van der Waals surface area contributed by atoms with Gasteiger partial charge in [0.25, 0.3) is 0 Å². The Labute approximate surface area is 285 Å². The van der Waals surface area contributed by atoms with Gasteiger partial charge in [0, 0.05) is 0 Å². The lowest BCUT2D eigenvalue weighted by Crippen LogP contribution is -2.41. The summed E-state index contributed by atoms with van der Waals surface area (Å²) in [7, 11) is 1.65. The van der Waals surface area contributed by atoms with Crippen molar-refractivity contribution in [3.8, 4) is 0 Å². The molecule has 6 heteroatoms. The standard InChI is InChI=1S/C38H80N.CH4O4S/c1-5-7-9-11-13-15-17-19-21-23-25-27-29-31-33-35-37-39(3,4)38-36-34-32-30-28-26-24-22-20-18-16-14-12-10-8-6-2;1-5-6(2,3)4/h5-38H2,1-4H3;1H3,(H,2,3,4)/q+1;. The normalized spacial score (nSPS) is 12.0.